The molecule has 2 N–H and O–H groups in total. The first-order valence-corrected chi connectivity index (χ1v) is 7.57. The van der Waals surface area contributed by atoms with E-state index in [1.54, 1.807) is 50.4 Å². The minimum Gasteiger partial charge on any atom is -0.497 e. The number of carbonyl (C=O) groups excluding carboxylic acids is 2. The monoisotopic (exact) mass is 328 g/mol. The molecular weight excluding hydrogens is 308 g/mol. The maximum absolute atomic E-state index is 12.1. The number of amides is 2. The molecule has 2 rings (SSSR count). The molecule has 0 atom stereocenters. The number of ether oxygens (including phenoxy) is 2. The number of benzene rings is 2. The summed E-state index contributed by atoms with van der Waals surface area (Å²) in [7, 11) is 1.58. The first-order chi connectivity index (χ1) is 11.6. The second kappa shape index (κ2) is 8.57. The molecule has 24 heavy (non-hydrogen) atoms. The van der Waals surface area contributed by atoms with Gasteiger partial charge in [-0.2, -0.15) is 0 Å². The van der Waals surface area contributed by atoms with Crippen molar-refractivity contribution in [3.63, 3.8) is 0 Å². The summed E-state index contributed by atoms with van der Waals surface area (Å²) in [4.78, 5) is 23.4. The van der Waals surface area contributed by atoms with Crippen molar-refractivity contribution in [2.24, 2.45) is 0 Å². The Morgan fingerprint density at radius 2 is 1.67 bits per heavy atom. The lowest BCUT2D eigenvalue weighted by Gasteiger charge is -2.08. The Morgan fingerprint density at radius 3 is 2.25 bits per heavy atom. The molecule has 2 aromatic rings. The zero-order chi connectivity index (χ0) is 17.4. The Labute approximate surface area is 140 Å². The van der Waals surface area contributed by atoms with Gasteiger partial charge in [-0.25, -0.2) is 4.79 Å². The molecule has 2 aromatic carbocycles. The summed E-state index contributed by atoms with van der Waals surface area (Å²) in [5.74, 6) is 0.544. The number of hydrogen-bond acceptors (Lipinski definition) is 4. The van der Waals surface area contributed by atoms with Crippen molar-refractivity contribution in [3.05, 3.63) is 59.7 Å². The largest absolute Gasteiger partial charge is 0.497 e. The van der Waals surface area contributed by atoms with E-state index in [1.165, 1.54) is 0 Å². The van der Waals surface area contributed by atoms with Crippen molar-refractivity contribution >= 4 is 17.7 Å². The molecule has 0 saturated carbocycles. The van der Waals surface area contributed by atoms with Crippen LogP contribution in [-0.4, -0.2) is 25.7 Å². The molecule has 0 aliphatic carbocycles. The fraction of sp³-hybridized carbons (Fsp3) is 0.222. The Morgan fingerprint density at radius 1 is 1.00 bits per heavy atom. The van der Waals surface area contributed by atoms with Gasteiger partial charge in [0.15, 0.2) is 0 Å². The predicted octanol–water partition coefficient (Wildman–Crippen LogP) is 3.19. The minimum atomic E-state index is -0.488. The third-order valence-electron chi connectivity index (χ3n) is 3.28. The summed E-state index contributed by atoms with van der Waals surface area (Å²) in [5.41, 5.74) is 2.13. The van der Waals surface area contributed by atoms with Gasteiger partial charge < -0.3 is 14.8 Å². The van der Waals surface area contributed by atoms with E-state index >= 15 is 0 Å². The molecule has 2 amide bonds. The summed E-state index contributed by atoms with van der Waals surface area (Å²) >= 11 is 0. The van der Waals surface area contributed by atoms with Gasteiger partial charge >= 0.3 is 6.09 Å². The van der Waals surface area contributed by atoms with Gasteiger partial charge in [0.25, 0.3) is 5.91 Å². The molecule has 0 aliphatic rings. The van der Waals surface area contributed by atoms with E-state index in [9.17, 15) is 9.59 Å². The second-order valence-electron chi connectivity index (χ2n) is 4.95. The lowest BCUT2D eigenvalue weighted by Crippen LogP contribution is -2.22. The predicted molar refractivity (Wildman–Crippen MR) is 91.3 cm³/mol. The molecule has 0 radical (unpaired) electrons. The fourth-order valence-electron chi connectivity index (χ4n) is 2.02. The van der Waals surface area contributed by atoms with Crippen LogP contribution in [0.15, 0.2) is 48.5 Å². The first-order valence-electron chi connectivity index (χ1n) is 7.57. The van der Waals surface area contributed by atoms with Gasteiger partial charge in [0.1, 0.15) is 5.75 Å². The van der Waals surface area contributed by atoms with Gasteiger partial charge in [-0.1, -0.05) is 12.1 Å². The van der Waals surface area contributed by atoms with Crippen molar-refractivity contribution in [1.82, 2.24) is 5.32 Å². The summed E-state index contributed by atoms with van der Waals surface area (Å²) in [6, 6.07) is 14.1. The molecule has 0 bridgehead atoms. The van der Waals surface area contributed by atoms with Gasteiger partial charge in [-0.15, -0.1) is 0 Å². The Bertz CT molecular complexity index is 681. The van der Waals surface area contributed by atoms with E-state index in [0.29, 0.717) is 30.2 Å². The number of nitrogens with one attached hydrogen (secondary N) is 2. The van der Waals surface area contributed by atoms with Crippen molar-refractivity contribution in [1.29, 1.82) is 0 Å². The minimum absolute atomic E-state index is 0.161. The summed E-state index contributed by atoms with van der Waals surface area (Å²) in [6.45, 7) is 2.46. The van der Waals surface area contributed by atoms with Crippen LogP contribution in [0.25, 0.3) is 0 Å². The lowest BCUT2D eigenvalue weighted by molar-refractivity contribution is 0.0951. The topological polar surface area (TPSA) is 76.7 Å². The highest BCUT2D eigenvalue weighted by molar-refractivity contribution is 5.94. The van der Waals surface area contributed by atoms with Crippen LogP contribution in [0.1, 0.15) is 22.8 Å². The molecule has 126 valence electrons. The molecule has 0 aromatic heterocycles. The van der Waals surface area contributed by atoms with Crippen molar-refractivity contribution in [2.75, 3.05) is 19.0 Å². The standard InChI is InChI=1S/C18H20N2O4/c1-3-24-18(22)20-15-8-4-13(5-9-15)12-19-17(21)14-6-10-16(23-2)11-7-14/h4-11H,3,12H2,1-2H3,(H,19,21)(H,20,22). The Kier molecular flexibility index (Phi) is 6.19. The summed E-state index contributed by atoms with van der Waals surface area (Å²) in [5, 5.41) is 5.45. The van der Waals surface area contributed by atoms with E-state index in [1.807, 2.05) is 12.1 Å². The number of carbonyl (C=O) groups is 2. The van der Waals surface area contributed by atoms with Gasteiger partial charge in [-0.3, -0.25) is 10.1 Å². The van der Waals surface area contributed by atoms with E-state index in [2.05, 4.69) is 10.6 Å². The van der Waals surface area contributed by atoms with Crippen LogP contribution >= 0.6 is 0 Å². The van der Waals surface area contributed by atoms with Gasteiger partial charge in [0.2, 0.25) is 0 Å². The average molecular weight is 328 g/mol. The third kappa shape index (κ3) is 5.01. The highest BCUT2D eigenvalue weighted by atomic mass is 16.5. The molecule has 0 saturated heterocycles. The molecule has 0 fully saturated rings. The molecule has 6 nitrogen and oxygen atoms in total. The second-order valence-corrected chi connectivity index (χ2v) is 4.95. The number of anilines is 1. The molecule has 0 heterocycles. The summed E-state index contributed by atoms with van der Waals surface area (Å²) < 4.78 is 9.87. The van der Waals surface area contributed by atoms with Crippen molar-refractivity contribution in [2.45, 2.75) is 13.5 Å². The van der Waals surface area contributed by atoms with Crippen LogP contribution in [0.2, 0.25) is 0 Å². The van der Waals surface area contributed by atoms with Crippen molar-refractivity contribution in [3.8, 4) is 5.75 Å². The number of methoxy groups -OCH3 is 1. The van der Waals surface area contributed by atoms with E-state index in [-0.39, 0.29) is 5.91 Å². The molecule has 0 spiro atoms. The van der Waals surface area contributed by atoms with Crippen molar-refractivity contribution < 1.29 is 19.1 Å². The van der Waals surface area contributed by atoms with E-state index in [0.717, 1.165) is 5.56 Å². The van der Waals surface area contributed by atoms with Crippen LogP contribution in [0.5, 0.6) is 5.75 Å². The first kappa shape index (κ1) is 17.3. The SMILES string of the molecule is CCOC(=O)Nc1ccc(CNC(=O)c2ccc(OC)cc2)cc1. The van der Waals surface area contributed by atoms with Crippen LogP contribution in [0.4, 0.5) is 10.5 Å². The maximum Gasteiger partial charge on any atom is 0.411 e. The molecule has 6 heteroatoms. The Balaban J connectivity index is 1.87. The van der Waals surface area contributed by atoms with E-state index < -0.39 is 6.09 Å². The quantitative estimate of drug-likeness (QED) is 0.854. The average Bonchev–Trinajstić information content (AvgIpc) is 2.61. The van der Waals surface area contributed by atoms with Crippen LogP contribution in [0.3, 0.4) is 0 Å². The van der Waals surface area contributed by atoms with Crippen LogP contribution in [0, 0.1) is 0 Å². The molecule has 0 unspecified atom stereocenters. The number of rotatable bonds is 6. The van der Waals surface area contributed by atoms with Gasteiger partial charge in [0.05, 0.1) is 13.7 Å². The van der Waals surface area contributed by atoms with Gasteiger partial charge in [-0.05, 0) is 48.9 Å². The van der Waals surface area contributed by atoms with Crippen LogP contribution in [-0.2, 0) is 11.3 Å². The summed E-state index contributed by atoms with van der Waals surface area (Å²) in [6.07, 6.45) is -0.488. The highest BCUT2D eigenvalue weighted by Gasteiger charge is 2.06. The number of hydrogen-bond donors (Lipinski definition) is 2. The van der Waals surface area contributed by atoms with E-state index in [4.69, 9.17) is 9.47 Å². The van der Waals surface area contributed by atoms with Gasteiger partial charge in [0, 0.05) is 17.8 Å². The Hall–Kier alpha value is -3.02. The molecule has 0 aliphatic heterocycles. The third-order valence-corrected chi connectivity index (χ3v) is 3.28. The fourth-order valence-corrected chi connectivity index (χ4v) is 2.02. The molecular formula is C18H20N2O4. The normalized spacial score (nSPS) is 9.92. The smallest absolute Gasteiger partial charge is 0.411 e. The lowest BCUT2D eigenvalue weighted by atomic mass is 10.1. The maximum atomic E-state index is 12.1. The zero-order valence-corrected chi connectivity index (χ0v) is 13.7. The van der Waals surface area contributed by atoms with Crippen LogP contribution < -0.4 is 15.4 Å². The highest BCUT2D eigenvalue weighted by Crippen LogP contribution is 2.12. The zero-order valence-electron chi connectivity index (χ0n) is 13.7.